The lowest BCUT2D eigenvalue weighted by atomic mass is 10.2. The highest BCUT2D eigenvalue weighted by atomic mass is 32.2. The van der Waals surface area contributed by atoms with Crippen LogP contribution in [0.25, 0.3) is 6.08 Å². The highest BCUT2D eigenvalue weighted by molar-refractivity contribution is 8.18. The highest BCUT2D eigenvalue weighted by Crippen LogP contribution is 2.36. The summed E-state index contributed by atoms with van der Waals surface area (Å²) in [7, 11) is 1.50. The fraction of sp³-hybridized carbons (Fsp3) is 0.286. The number of nitrogens with zero attached hydrogens (tertiary/aromatic N) is 3. The molecule has 11 nitrogen and oxygen atoms in total. The Bertz CT molecular complexity index is 1190. The van der Waals surface area contributed by atoms with E-state index in [1.165, 1.54) is 19.2 Å². The van der Waals surface area contributed by atoms with E-state index in [9.17, 15) is 19.2 Å². The summed E-state index contributed by atoms with van der Waals surface area (Å²) >= 11 is 0.828. The standard InChI is InChI=1S/C21H20N4O7S/c1-30-9-8-25-18(26)5-3-14(23-25)19(27)22-6-7-24-20(28)17(33-21(24)29)11-13-2-4-15-16(10-13)32-12-31-15/h2-5,10-11H,6-9,12H2,1H3,(H,22,27)/b17-11+. The van der Waals surface area contributed by atoms with E-state index in [1.807, 2.05) is 0 Å². The van der Waals surface area contributed by atoms with Gasteiger partial charge < -0.3 is 19.5 Å². The van der Waals surface area contributed by atoms with Crippen LogP contribution in [0.4, 0.5) is 4.79 Å². The number of thioether (sulfide) groups is 1. The summed E-state index contributed by atoms with van der Waals surface area (Å²) in [4.78, 5) is 50.5. The highest BCUT2D eigenvalue weighted by Gasteiger charge is 2.34. The first-order valence-corrected chi connectivity index (χ1v) is 10.8. The molecule has 1 saturated heterocycles. The number of rotatable bonds is 8. The Morgan fingerprint density at radius 3 is 2.82 bits per heavy atom. The maximum Gasteiger partial charge on any atom is 0.293 e. The first-order valence-electron chi connectivity index (χ1n) is 9.96. The third-order valence-corrected chi connectivity index (χ3v) is 5.70. The van der Waals surface area contributed by atoms with Gasteiger partial charge in [0.25, 0.3) is 22.6 Å². The van der Waals surface area contributed by atoms with Gasteiger partial charge in [0.15, 0.2) is 11.5 Å². The minimum Gasteiger partial charge on any atom is -0.454 e. The second-order valence-electron chi connectivity index (χ2n) is 6.97. The lowest BCUT2D eigenvalue weighted by Crippen LogP contribution is -2.38. The van der Waals surface area contributed by atoms with E-state index in [0.29, 0.717) is 17.1 Å². The van der Waals surface area contributed by atoms with Crippen molar-refractivity contribution in [3.63, 3.8) is 0 Å². The van der Waals surface area contributed by atoms with Crippen LogP contribution in [-0.4, -0.2) is 65.3 Å². The Morgan fingerprint density at radius 1 is 1.18 bits per heavy atom. The molecule has 33 heavy (non-hydrogen) atoms. The maximum atomic E-state index is 12.7. The van der Waals surface area contributed by atoms with Gasteiger partial charge in [-0.25, -0.2) is 4.68 Å². The van der Waals surface area contributed by atoms with Gasteiger partial charge in [0.1, 0.15) is 5.69 Å². The number of benzene rings is 1. The number of hydrogen-bond acceptors (Lipinski definition) is 9. The quantitative estimate of drug-likeness (QED) is 0.561. The molecule has 2 aliphatic heterocycles. The Hall–Kier alpha value is -3.64. The topological polar surface area (TPSA) is 129 Å². The van der Waals surface area contributed by atoms with Crippen LogP contribution in [0.3, 0.4) is 0 Å². The van der Waals surface area contributed by atoms with Crippen molar-refractivity contribution in [3.8, 4) is 11.5 Å². The van der Waals surface area contributed by atoms with E-state index < -0.39 is 17.1 Å². The zero-order valence-corrected chi connectivity index (χ0v) is 18.4. The van der Waals surface area contributed by atoms with Gasteiger partial charge >= 0.3 is 0 Å². The molecule has 172 valence electrons. The van der Waals surface area contributed by atoms with Gasteiger partial charge in [-0.3, -0.25) is 24.1 Å². The fourth-order valence-electron chi connectivity index (χ4n) is 3.13. The predicted octanol–water partition coefficient (Wildman–Crippen LogP) is 1.08. The largest absolute Gasteiger partial charge is 0.454 e. The molecule has 0 aliphatic carbocycles. The molecule has 12 heteroatoms. The minimum absolute atomic E-state index is 0.00179. The van der Waals surface area contributed by atoms with Crippen LogP contribution in [0.1, 0.15) is 16.1 Å². The minimum atomic E-state index is -0.524. The summed E-state index contributed by atoms with van der Waals surface area (Å²) in [5, 5.41) is 6.19. The molecule has 3 heterocycles. The SMILES string of the molecule is COCCn1nc(C(=O)NCCN2C(=O)S/C(=C/c3ccc4c(c3)OCO4)C2=O)ccc1=O. The van der Waals surface area contributed by atoms with Crippen LogP contribution in [0.2, 0.25) is 0 Å². The first-order chi connectivity index (χ1) is 16.0. The average Bonchev–Trinajstić information content (AvgIpc) is 3.37. The van der Waals surface area contributed by atoms with Crippen LogP contribution in [0.5, 0.6) is 11.5 Å². The summed E-state index contributed by atoms with van der Waals surface area (Å²) in [6, 6.07) is 7.79. The second kappa shape index (κ2) is 9.88. The number of imide groups is 1. The molecule has 0 unspecified atom stereocenters. The molecule has 4 rings (SSSR count). The van der Waals surface area contributed by atoms with E-state index >= 15 is 0 Å². The second-order valence-corrected chi connectivity index (χ2v) is 7.97. The Labute approximate surface area is 192 Å². The average molecular weight is 472 g/mol. The monoisotopic (exact) mass is 472 g/mol. The molecule has 1 aromatic heterocycles. The molecule has 0 atom stereocenters. The van der Waals surface area contributed by atoms with Gasteiger partial charge in [0.2, 0.25) is 6.79 Å². The Kier molecular flexibility index (Phi) is 6.75. The van der Waals surface area contributed by atoms with Crippen molar-refractivity contribution >= 4 is 34.9 Å². The molecule has 1 fully saturated rings. The van der Waals surface area contributed by atoms with Gasteiger partial charge in [-0.15, -0.1) is 0 Å². The summed E-state index contributed by atoms with van der Waals surface area (Å²) < 4.78 is 16.6. The number of amides is 3. The zero-order valence-electron chi connectivity index (χ0n) is 17.6. The molecule has 3 amide bonds. The predicted molar refractivity (Wildman–Crippen MR) is 118 cm³/mol. The molecule has 0 radical (unpaired) electrons. The summed E-state index contributed by atoms with van der Waals surface area (Å²) in [5.74, 6) is 0.236. The van der Waals surface area contributed by atoms with E-state index in [4.69, 9.17) is 14.2 Å². The number of nitrogens with one attached hydrogen (secondary N) is 1. The van der Waals surface area contributed by atoms with Gasteiger partial charge in [0, 0.05) is 26.3 Å². The van der Waals surface area contributed by atoms with Crippen molar-refractivity contribution in [3.05, 3.63) is 56.8 Å². The smallest absolute Gasteiger partial charge is 0.293 e. The van der Waals surface area contributed by atoms with Crippen molar-refractivity contribution < 1.29 is 28.6 Å². The number of ether oxygens (including phenoxy) is 3. The van der Waals surface area contributed by atoms with E-state index in [-0.39, 0.29) is 49.2 Å². The van der Waals surface area contributed by atoms with Crippen LogP contribution in [-0.2, 0) is 16.1 Å². The lowest BCUT2D eigenvalue weighted by molar-refractivity contribution is -0.122. The molecule has 2 aromatic rings. The maximum absolute atomic E-state index is 12.7. The Morgan fingerprint density at radius 2 is 2.00 bits per heavy atom. The molecule has 1 aromatic carbocycles. The lowest BCUT2D eigenvalue weighted by Gasteiger charge is -2.13. The molecule has 0 bridgehead atoms. The van der Waals surface area contributed by atoms with Crippen LogP contribution < -0.4 is 20.3 Å². The molecular formula is C21H20N4O7S. The van der Waals surface area contributed by atoms with E-state index in [0.717, 1.165) is 21.3 Å². The van der Waals surface area contributed by atoms with Crippen LogP contribution >= 0.6 is 11.8 Å². The number of aromatic nitrogens is 2. The number of carbonyl (C=O) groups excluding carboxylic acids is 3. The molecule has 0 spiro atoms. The summed E-state index contributed by atoms with van der Waals surface area (Å²) in [5.41, 5.74) is 0.394. The van der Waals surface area contributed by atoms with Gasteiger partial charge in [-0.1, -0.05) is 6.07 Å². The number of carbonyl (C=O) groups is 3. The normalized spacial score (nSPS) is 16.0. The number of hydrogen-bond donors (Lipinski definition) is 1. The van der Waals surface area contributed by atoms with E-state index in [2.05, 4.69) is 10.4 Å². The van der Waals surface area contributed by atoms with Crippen molar-refractivity contribution in [1.29, 1.82) is 0 Å². The summed E-state index contributed by atoms with van der Waals surface area (Å²) in [6.45, 7) is 0.663. The third-order valence-electron chi connectivity index (χ3n) is 4.80. The fourth-order valence-corrected chi connectivity index (χ4v) is 3.99. The molecule has 0 saturated carbocycles. The van der Waals surface area contributed by atoms with Crippen molar-refractivity contribution in [2.45, 2.75) is 6.54 Å². The molecule has 1 N–H and O–H groups in total. The van der Waals surface area contributed by atoms with Gasteiger partial charge in [-0.05, 0) is 41.6 Å². The van der Waals surface area contributed by atoms with Crippen LogP contribution in [0.15, 0.2) is 40.0 Å². The van der Waals surface area contributed by atoms with Crippen LogP contribution in [0, 0.1) is 0 Å². The molecular weight excluding hydrogens is 452 g/mol. The number of methoxy groups -OCH3 is 1. The van der Waals surface area contributed by atoms with Crippen molar-refractivity contribution in [1.82, 2.24) is 20.0 Å². The third kappa shape index (κ3) is 5.07. The summed E-state index contributed by atoms with van der Waals surface area (Å²) in [6.07, 6.45) is 1.61. The Balaban J connectivity index is 1.35. The van der Waals surface area contributed by atoms with Crippen molar-refractivity contribution in [2.24, 2.45) is 0 Å². The van der Waals surface area contributed by atoms with Crippen molar-refractivity contribution in [2.75, 3.05) is 33.6 Å². The van der Waals surface area contributed by atoms with Gasteiger partial charge in [0.05, 0.1) is 18.1 Å². The first kappa shape index (κ1) is 22.6. The van der Waals surface area contributed by atoms with E-state index in [1.54, 1.807) is 24.3 Å². The zero-order chi connectivity index (χ0) is 23.4. The number of fused-ring (bicyclic) bond motifs is 1. The van der Waals surface area contributed by atoms with Gasteiger partial charge in [-0.2, -0.15) is 5.10 Å². The molecule has 2 aliphatic rings.